The molecule has 0 aliphatic heterocycles. The summed E-state index contributed by atoms with van der Waals surface area (Å²) in [6.45, 7) is 14.0. The van der Waals surface area contributed by atoms with Crippen molar-refractivity contribution in [2.45, 2.75) is 72.3 Å². The molecule has 36 heavy (non-hydrogen) atoms. The number of ketones is 1. The van der Waals surface area contributed by atoms with E-state index >= 15 is 0 Å². The van der Waals surface area contributed by atoms with Crippen LogP contribution in [-0.2, 0) is 23.1 Å². The molecule has 3 aromatic rings. The molecule has 0 spiro atoms. The van der Waals surface area contributed by atoms with Crippen LogP contribution in [0.1, 0.15) is 76.4 Å². The normalized spacial score (nSPS) is 12.0. The molecule has 3 rings (SSSR count). The Morgan fingerprint density at radius 3 is 2.14 bits per heavy atom. The highest BCUT2D eigenvalue weighted by Gasteiger charge is 2.19. The highest BCUT2D eigenvalue weighted by atomic mass is 16.5. The van der Waals surface area contributed by atoms with Gasteiger partial charge in [-0.05, 0) is 66.6 Å². The minimum atomic E-state index is 0.153. The molecule has 0 amide bonds. The van der Waals surface area contributed by atoms with Gasteiger partial charge < -0.3 is 4.74 Å². The van der Waals surface area contributed by atoms with E-state index in [1.807, 2.05) is 36.5 Å². The lowest BCUT2D eigenvalue weighted by molar-refractivity contribution is -0.118. The lowest BCUT2D eigenvalue weighted by Gasteiger charge is -2.29. The summed E-state index contributed by atoms with van der Waals surface area (Å²) >= 11 is 0. The molecule has 1 heterocycles. The Balaban J connectivity index is 0.000000346. The van der Waals surface area contributed by atoms with Gasteiger partial charge in [0.15, 0.2) is 0 Å². The van der Waals surface area contributed by atoms with E-state index in [1.54, 1.807) is 14.0 Å². The summed E-state index contributed by atoms with van der Waals surface area (Å²) in [5.41, 5.74) is 5.17. The van der Waals surface area contributed by atoms with Gasteiger partial charge in [-0.2, -0.15) is 0 Å². The second-order valence-corrected chi connectivity index (χ2v) is 10.4. The summed E-state index contributed by atoms with van der Waals surface area (Å²) in [6.07, 6.45) is 5.02. The third-order valence-corrected chi connectivity index (χ3v) is 6.31. The van der Waals surface area contributed by atoms with E-state index in [0.717, 1.165) is 30.8 Å². The summed E-state index contributed by atoms with van der Waals surface area (Å²) in [6, 6.07) is 23.2. The molecule has 0 N–H and O–H groups in total. The Kier molecular flexibility index (Phi) is 11.8. The Hall–Kier alpha value is -2.98. The van der Waals surface area contributed by atoms with Crippen molar-refractivity contribution in [3.63, 3.8) is 0 Å². The van der Waals surface area contributed by atoms with Crippen molar-refractivity contribution in [2.24, 2.45) is 0 Å². The second kappa shape index (κ2) is 14.5. The molecule has 0 radical (unpaired) electrons. The smallest absolute Gasteiger partial charge is 0.143 e. The second-order valence-electron chi connectivity index (χ2n) is 10.4. The van der Waals surface area contributed by atoms with Gasteiger partial charge in [-0.3, -0.25) is 14.7 Å². The summed E-state index contributed by atoms with van der Waals surface area (Å²) in [5, 5.41) is 0. The van der Waals surface area contributed by atoms with Crippen molar-refractivity contribution in [1.82, 2.24) is 9.88 Å². The molecule has 1 aromatic heterocycles. The van der Waals surface area contributed by atoms with Crippen LogP contribution in [0.5, 0.6) is 5.75 Å². The standard InChI is InChI=1S/C22H30N2O.C10H14O/c1-17(25)16-24(15-13-21-8-6-7-14-23-21)18(2)19-9-11-20(12-10-19)22(3,4)5;1-3-4-9-5-7-10(11-2)8-6-9/h6-12,14,18H,13,15-16H2,1-5H3;5-8H,3-4H2,1-2H3. The van der Waals surface area contributed by atoms with Crippen LogP contribution in [0.2, 0.25) is 0 Å². The monoisotopic (exact) mass is 488 g/mol. The zero-order chi connectivity index (χ0) is 26.6. The minimum Gasteiger partial charge on any atom is -0.497 e. The van der Waals surface area contributed by atoms with Crippen LogP contribution in [0.4, 0.5) is 0 Å². The van der Waals surface area contributed by atoms with Crippen LogP contribution in [0.3, 0.4) is 0 Å². The SMILES string of the molecule is CC(=O)CN(CCc1ccccn1)C(C)c1ccc(C(C)(C)C)cc1.CCCc1ccc(OC)cc1. The predicted molar refractivity (Wildman–Crippen MR) is 151 cm³/mol. The average molecular weight is 489 g/mol. The number of carbonyl (C=O) groups excluding carboxylic acids is 1. The Morgan fingerprint density at radius 2 is 1.64 bits per heavy atom. The number of nitrogens with zero attached hydrogens (tertiary/aromatic N) is 2. The number of rotatable bonds is 10. The van der Waals surface area contributed by atoms with Crippen LogP contribution >= 0.6 is 0 Å². The highest BCUT2D eigenvalue weighted by molar-refractivity contribution is 5.77. The third kappa shape index (κ3) is 9.94. The maximum atomic E-state index is 11.7. The van der Waals surface area contributed by atoms with E-state index in [4.69, 9.17) is 4.74 Å². The zero-order valence-corrected chi connectivity index (χ0v) is 23.3. The maximum Gasteiger partial charge on any atom is 0.143 e. The van der Waals surface area contributed by atoms with Gasteiger partial charge in [-0.1, -0.05) is 76.6 Å². The first-order valence-electron chi connectivity index (χ1n) is 13.0. The first-order chi connectivity index (χ1) is 17.1. The molecule has 0 fully saturated rings. The average Bonchev–Trinajstić information content (AvgIpc) is 2.87. The first-order valence-corrected chi connectivity index (χ1v) is 13.0. The molecule has 4 nitrogen and oxygen atoms in total. The van der Waals surface area contributed by atoms with E-state index in [9.17, 15) is 4.79 Å². The van der Waals surface area contributed by atoms with E-state index < -0.39 is 0 Å². The number of aromatic nitrogens is 1. The molecule has 0 saturated heterocycles. The fourth-order valence-corrected chi connectivity index (χ4v) is 4.05. The number of hydrogen-bond donors (Lipinski definition) is 0. The van der Waals surface area contributed by atoms with Gasteiger partial charge in [0.25, 0.3) is 0 Å². The first kappa shape index (κ1) is 29.3. The number of carbonyl (C=O) groups is 1. The lowest BCUT2D eigenvalue weighted by Crippen LogP contribution is -2.33. The molecule has 2 aromatic carbocycles. The molecule has 1 unspecified atom stereocenters. The van der Waals surface area contributed by atoms with Crippen molar-refractivity contribution in [1.29, 1.82) is 0 Å². The number of pyridine rings is 1. The molecule has 194 valence electrons. The van der Waals surface area contributed by atoms with Gasteiger partial charge in [0.2, 0.25) is 0 Å². The molecule has 0 saturated carbocycles. The van der Waals surface area contributed by atoms with E-state index in [1.165, 1.54) is 23.1 Å². The Bertz CT molecular complexity index is 1020. The molecule has 1 atom stereocenters. The summed E-state index contributed by atoms with van der Waals surface area (Å²) in [5.74, 6) is 1.13. The van der Waals surface area contributed by atoms with Gasteiger partial charge in [-0.25, -0.2) is 0 Å². The fourth-order valence-electron chi connectivity index (χ4n) is 4.05. The predicted octanol–water partition coefficient (Wildman–Crippen LogP) is 7.22. The molecule has 0 aliphatic carbocycles. The minimum absolute atomic E-state index is 0.153. The van der Waals surface area contributed by atoms with Crippen LogP contribution in [-0.4, -0.2) is 35.9 Å². The molecular formula is C32H44N2O2. The van der Waals surface area contributed by atoms with Crippen molar-refractivity contribution >= 4 is 5.78 Å². The van der Waals surface area contributed by atoms with Crippen LogP contribution in [0.15, 0.2) is 72.9 Å². The Morgan fingerprint density at radius 1 is 0.972 bits per heavy atom. The van der Waals surface area contributed by atoms with Crippen LogP contribution in [0, 0.1) is 0 Å². The largest absolute Gasteiger partial charge is 0.497 e. The lowest BCUT2D eigenvalue weighted by atomic mass is 9.86. The van der Waals surface area contributed by atoms with E-state index in [0.29, 0.717) is 6.54 Å². The number of benzene rings is 2. The van der Waals surface area contributed by atoms with E-state index in [-0.39, 0.29) is 17.2 Å². The van der Waals surface area contributed by atoms with E-state index in [2.05, 4.69) is 80.9 Å². The molecule has 4 heteroatoms. The van der Waals surface area contributed by atoms with Crippen molar-refractivity contribution in [3.05, 3.63) is 95.3 Å². The topological polar surface area (TPSA) is 42.4 Å². The van der Waals surface area contributed by atoms with Gasteiger partial charge in [-0.15, -0.1) is 0 Å². The number of aryl methyl sites for hydroxylation is 1. The van der Waals surface area contributed by atoms with Gasteiger partial charge >= 0.3 is 0 Å². The quantitative estimate of drug-likeness (QED) is 0.302. The maximum absolute atomic E-state index is 11.7. The summed E-state index contributed by atoms with van der Waals surface area (Å²) in [7, 11) is 1.69. The van der Waals surface area contributed by atoms with Gasteiger partial charge in [0, 0.05) is 30.9 Å². The fraction of sp³-hybridized carbons (Fsp3) is 0.438. The number of hydrogen-bond acceptors (Lipinski definition) is 4. The highest BCUT2D eigenvalue weighted by Crippen LogP contribution is 2.26. The van der Waals surface area contributed by atoms with Crippen molar-refractivity contribution in [2.75, 3.05) is 20.2 Å². The van der Waals surface area contributed by atoms with Gasteiger partial charge in [0.05, 0.1) is 13.7 Å². The zero-order valence-electron chi connectivity index (χ0n) is 23.3. The number of Topliss-reactive ketones (excluding diaryl/α,β-unsaturated/α-hetero) is 1. The molecular weight excluding hydrogens is 444 g/mol. The van der Waals surface area contributed by atoms with Crippen molar-refractivity contribution in [3.8, 4) is 5.75 Å². The van der Waals surface area contributed by atoms with Crippen LogP contribution in [0.25, 0.3) is 0 Å². The number of ether oxygens (including phenoxy) is 1. The number of methoxy groups -OCH3 is 1. The molecule has 0 aliphatic rings. The van der Waals surface area contributed by atoms with Crippen LogP contribution < -0.4 is 4.74 Å². The summed E-state index contributed by atoms with van der Waals surface area (Å²) in [4.78, 5) is 18.4. The third-order valence-electron chi connectivity index (χ3n) is 6.31. The van der Waals surface area contributed by atoms with Crippen molar-refractivity contribution < 1.29 is 9.53 Å². The summed E-state index contributed by atoms with van der Waals surface area (Å²) < 4.78 is 5.05. The molecule has 0 bridgehead atoms. The Labute approximate surface area is 218 Å². The van der Waals surface area contributed by atoms with Gasteiger partial charge in [0.1, 0.15) is 11.5 Å².